The molecule has 0 N–H and O–H groups in total. The van der Waals surface area contributed by atoms with Gasteiger partial charge in [0.05, 0.1) is 27.6 Å². The van der Waals surface area contributed by atoms with Crippen LogP contribution in [0.25, 0.3) is 71.3 Å². The predicted molar refractivity (Wildman–Crippen MR) is 206 cm³/mol. The second-order valence-electron chi connectivity index (χ2n) is 12.2. The van der Waals surface area contributed by atoms with Gasteiger partial charge in [0.25, 0.3) is 0 Å². The Morgan fingerprint density at radius 1 is 0.490 bits per heavy atom. The van der Waals surface area contributed by atoms with Gasteiger partial charge < -0.3 is 13.9 Å². The molecule has 0 fully saturated rings. The summed E-state index contributed by atoms with van der Waals surface area (Å²) in [6.07, 6.45) is 0. The molecule has 2 heterocycles. The van der Waals surface area contributed by atoms with Gasteiger partial charge in [-0.2, -0.15) is 0 Å². The van der Waals surface area contributed by atoms with E-state index < -0.39 is 0 Å². The van der Waals surface area contributed by atoms with Crippen LogP contribution in [-0.2, 0) is 0 Å². The monoisotopic (exact) mass is 630 g/mol. The summed E-state index contributed by atoms with van der Waals surface area (Å²) in [6, 6.07) is 51.6. The summed E-state index contributed by atoms with van der Waals surface area (Å²) < 4.78 is 46.5. The van der Waals surface area contributed by atoms with Crippen LogP contribution in [0.2, 0.25) is 0 Å². The van der Waals surface area contributed by atoms with E-state index in [1.807, 2.05) is 102 Å². The lowest BCUT2D eigenvalue weighted by Gasteiger charge is -2.27. The number of fused-ring (bicyclic) bond motifs is 8. The van der Waals surface area contributed by atoms with Crippen molar-refractivity contribution < 1.29 is 9.90 Å². The lowest BCUT2D eigenvalue weighted by molar-refractivity contribution is 0.672. The molecule has 0 atom stereocenters. The van der Waals surface area contributed by atoms with Crippen molar-refractivity contribution in [1.29, 1.82) is 0 Å². The molecule has 49 heavy (non-hydrogen) atoms. The molecule has 0 aliphatic carbocycles. The van der Waals surface area contributed by atoms with Gasteiger partial charge in [0.15, 0.2) is 0 Å². The summed E-state index contributed by atoms with van der Waals surface area (Å²) in [7, 11) is 0. The molecule has 0 aliphatic heterocycles. The molecule has 8 aromatic carbocycles. The van der Waals surface area contributed by atoms with Crippen LogP contribution in [0.4, 0.5) is 17.1 Å². The molecular formula is C46H30N2O. The van der Waals surface area contributed by atoms with E-state index in [4.69, 9.17) is 4.42 Å². The zero-order valence-electron chi connectivity index (χ0n) is 30.3. The minimum atomic E-state index is -0.135. The van der Waals surface area contributed by atoms with Crippen LogP contribution in [0.15, 0.2) is 186 Å². The van der Waals surface area contributed by atoms with Crippen molar-refractivity contribution in [3.63, 3.8) is 0 Å². The van der Waals surface area contributed by atoms with Crippen LogP contribution < -0.4 is 4.90 Å². The summed E-state index contributed by atoms with van der Waals surface area (Å²) in [6.45, 7) is 0. The number of aromatic nitrogens is 1. The van der Waals surface area contributed by atoms with Gasteiger partial charge in [-0.3, -0.25) is 0 Å². The fourth-order valence-corrected chi connectivity index (χ4v) is 7.23. The molecule has 0 bridgehead atoms. The fraction of sp³-hybridized carbons (Fsp3) is 0. The van der Waals surface area contributed by atoms with Crippen LogP contribution in [0, 0.1) is 0 Å². The first kappa shape index (κ1) is 23.7. The van der Waals surface area contributed by atoms with E-state index in [0.29, 0.717) is 22.5 Å². The third-order valence-electron chi connectivity index (χ3n) is 9.43. The van der Waals surface area contributed by atoms with Gasteiger partial charge in [0.1, 0.15) is 11.2 Å². The number of hydrogen-bond donors (Lipinski definition) is 0. The lowest BCUT2D eigenvalue weighted by Crippen LogP contribution is -2.10. The first-order chi connectivity index (χ1) is 26.0. The number of rotatable bonds is 5. The maximum atomic E-state index is 9.56. The van der Waals surface area contributed by atoms with Gasteiger partial charge in [-0.25, -0.2) is 0 Å². The van der Waals surface area contributed by atoms with Crippen molar-refractivity contribution >= 4 is 71.6 Å². The summed E-state index contributed by atoms with van der Waals surface area (Å²) in [5.74, 6) is 0. The van der Waals surface area contributed by atoms with Crippen molar-refractivity contribution in [2.45, 2.75) is 0 Å². The van der Waals surface area contributed by atoms with Crippen molar-refractivity contribution in [1.82, 2.24) is 4.57 Å². The minimum absolute atomic E-state index is 0.105. The van der Waals surface area contributed by atoms with E-state index in [-0.39, 0.29) is 35.4 Å². The molecule has 0 radical (unpaired) electrons. The standard InChI is InChI=1S/C46H30N2O/c1-3-12-31(13-4-1)32-22-25-35(26-23-32)47(42-20-11-21-44-45(42)40-28-24-33-14-7-8-17-37(33)46(40)49-44)36-27-29-39-38-18-9-10-19-41(38)48(43(39)30-36)34-15-5-2-6-16-34/h1-30H/i22D,23D,25D,26D. The summed E-state index contributed by atoms with van der Waals surface area (Å²) in [4.78, 5) is 1.88. The number of anilines is 3. The Kier molecular flexibility index (Phi) is 5.32. The normalized spacial score (nSPS) is 12.8. The second kappa shape index (κ2) is 11.0. The quantitative estimate of drug-likeness (QED) is 0.189. The van der Waals surface area contributed by atoms with Crippen LogP contribution in [0.3, 0.4) is 0 Å². The smallest absolute Gasteiger partial charge is 0.143 e. The summed E-state index contributed by atoms with van der Waals surface area (Å²) >= 11 is 0. The minimum Gasteiger partial charge on any atom is -0.455 e. The third-order valence-corrected chi connectivity index (χ3v) is 9.43. The number of nitrogens with zero attached hydrogens (tertiary/aromatic N) is 2. The molecule has 0 saturated carbocycles. The van der Waals surface area contributed by atoms with E-state index in [1.54, 1.807) is 0 Å². The zero-order valence-corrected chi connectivity index (χ0v) is 26.3. The predicted octanol–water partition coefficient (Wildman–Crippen LogP) is 13.0. The fourth-order valence-electron chi connectivity index (χ4n) is 7.23. The summed E-state index contributed by atoms with van der Waals surface area (Å²) in [5, 5.41) is 5.94. The SMILES string of the molecule is [2H]c1c([2H])c(N(c2ccc3c4ccccc4n(-c4ccccc4)c3c2)c2cccc3oc4c5ccccc5ccc4c23)c([2H])c([2H])c1-c1ccccc1. The molecule has 0 aliphatic rings. The van der Waals surface area contributed by atoms with Gasteiger partial charge in [-0.15, -0.1) is 0 Å². The van der Waals surface area contributed by atoms with Crippen molar-refractivity contribution in [3.8, 4) is 16.8 Å². The Hall–Kier alpha value is -6.58. The Morgan fingerprint density at radius 3 is 2.02 bits per heavy atom. The van der Waals surface area contributed by atoms with Gasteiger partial charge in [0, 0.05) is 38.6 Å². The van der Waals surface area contributed by atoms with Gasteiger partial charge in [0.2, 0.25) is 0 Å². The molecule has 0 amide bonds. The largest absolute Gasteiger partial charge is 0.455 e. The molecule has 10 aromatic rings. The molecule has 10 rings (SSSR count). The van der Waals surface area contributed by atoms with Crippen molar-refractivity contribution in [2.75, 3.05) is 4.90 Å². The van der Waals surface area contributed by atoms with Crippen molar-refractivity contribution in [3.05, 3.63) is 182 Å². The maximum Gasteiger partial charge on any atom is 0.143 e. The third kappa shape index (κ3) is 4.37. The Morgan fingerprint density at radius 2 is 1.18 bits per heavy atom. The molecule has 3 nitrogen and oxygen atoms in total. The van der Waals surface area contributed by atoms with Gasteiger partial charge in [-0.1, -0.05) is 121 Å². The van der Waals surface area contributed by atoms with Crippen LogP contribution in [0.5, 0.6) is 0 Å². The zero-order chi connectivity index (χ0) is 35.8. The second-order valence-corrected chi connectivity index (χ2v) is 12.2. The van der Waals surface area contributed by atoms with Gasteiger partial charge >= 0.3 is 0 Å². The topological polar surface area (TPSA) is 21.3 Å². The highest BCUT2D eigenvalue weighted by molar-refractivity contribution is 6.20. The van der Waals surface area contributed by atoms with E-state index in [0.717, 1.165) is 54.6 Å². The highest BCUT2D eigenvalue weighted by atomic mass is 16.3. The Bertz CT molecular complexity index is 3030. The van der Waals surface area contributed by atoms with Gasteiger partial charge in [-0.05, 0) is 77.1 Å². The number of furan rings is 1. The van der Waals surface area contributed by atoms with Crippen LogP contribution >= 0.6 is 0 Å². The molecule has 230 valence electrons. The first-order valence-corrected chi connectivity index (χ1v) is 16.4. The van der Waals surface area contributed by atoms with Crippen LogP contribution in [0.1, 0.15) is 5.48 Å². The van der Waals surface area contributed by atoms with E-state index in [2.05, 4.69) is 65.2 Å². The Balaban J connectivity index is 1.32. The highest BCUT2D eigenvalue weighted by Crippen LogP contribution is 2.45. The molecule has 0 unspecified atom stereocenters. The number of hydrogen-bond acceptors (Lipinski definition) is 2. The Labute approximate surface area is 289 Å². The first-order valence-electron chi connectivity index (χ1n) is 18.4. The van der Waals surface area contributed by atoms with Crippen LogP contribution in [-0.4, -0.2) is 4.57 Å². The summed E-state index contributed by atoms with van der Waals surface area (Å²) in [5.41, 5.74) is 6.86. The molecule has 2 aromatic heterocycles. The van der Waals surface area contributed by atoms with E-state index in [9.17, 15) is 5.48 Å². The number of benzene rings is 8. The molecule has 3 heteroatoms. The average molecular weight is 631 g/mol. The molecular weight excluding hydrogens is 597 g/mol. The lowest BCUT2D eigenvalue weighted by atomic mass is 10.0. The number of para-hydroxylation sites is 2. The molecule has 0 spiro atoms. The highest BCUT2D eigenvalue weighted by Gasteiger charge is 2.22. The molecule has 0 saturated heterocycles. The van der Waals surface area contributed by atoms with E-state index >= 15 is 0 Å². The van der Waals surface area contributed by atoms with E-state index in [1.165, 1.54) is 0 Å². The maximum absolute atomic E-state index is 9.56. The average Bonchev–Trinajstić information content (AvgIpc) is 3.76. The van der Waals surface area contributed by atoms with Crippen molar-refractivity contribution in [2.24, 2.45) is 0 Å².